The third-order valence-corrected chi connectivity index (χ3v) is 3.93. The van der Waals surface area contributed by atoms with Gasteiger partial charge in [-0.2, -0.15) is 4.31 Å². The molecule has 0 heterocycles. The lowest BCUT2D eigenvalue weighted by Gasteiger charge is -2.33. The number of nitrogens with zero attached hydrogens (tertiary/aromatic N) is 1. The van der Waals surface area contributed by atoms with Crippen LogP contribution in [0.4, 0.5) is 0 Å². The fourth-order valence-electron chi connectivity index (χ4n) is 1.72. The van der Waals surface area contributed by atoms with Crippen molar-refractivity contribution in [3.63, 3.8) is 0 Å². The van der Waals surface area contributed by atoms with Crippen LogP contribution in [0.3, 0.4) is 0 Å². The molecular formula is C13H27NO2S. The smallest absolute Gasteiger partial charge is 0.211 e. The number of hydrogen-bond acceptors (Lipinski definition) is 2. The summed E-state index contributed by atoms with van der Waals surface area (Å²) >= 11 is 0. The van der Waals surface area contributed by atoms with Gasteiger partial charge in [0.05, 0.1) is 6.26 Å². The van der Waals surface area contributed by atoms with Crippen LogP contribution in [0.1, 0.15) is 47.5 Å². The maximum atomic E-state index is 11.7. The molecule has 0 aromatic heterocycles. The third kappa shape index (κ3) is 7.55. The van der Waals surface area contributed by atoms with Crippen molar-refractivity contribution in [3.8, 4) is 0 Å². The quantitative estimate of drug-likeness (QED) is 0.544. The first-order chi connectivity index (χ1) is 7.55. The molecule has 0 fully saturated rings. The first kappa shape index (κ1) is 16.6. The maximum Gasteiger partial charge on any atom is 0.211 e. The molecule has 0 aromatic carbocycles. The van der Waals surface area contributed by atoms with Crippen LogP contribution in [-0.4, -0.2) is 31.1 Å². The van der Waals surface area contributed by atoms with Gasteiger partial charge in [-0.3, -0.25) is 0 Å². The fraction of sp³-hybridized carbons (Fsp3) is 0.846. The zero-order valence-corrected chi connectivity index (χ0v) is 12.8. The predicted octanol–water partition coefficient (Wildman–Crippen LogP) is 3.04. The van der Waals surface area contributed by atoms with Gasteiger partial charge in [0.15, 0.2) is 0 Å². The van der Waals surface area contributed by atoms with E-state index >= 15 is 0 Å². The van der Waals surface area contributed by atoms with E-state index in [1.807, 2.05) is 20.8 Å². The molecule has 3 nitrogen and oxygen atoms in total. The molecule has 0 saturated carbocycles. The van der Waals surface area contributed by atoms with Crippen molar-refractivity contribution in [2.75, 3.05) is 12.8 Å². The molecule has 0 atom stereocenters. The van der Waals surface area contributed by atoms with E-state index in [4.69, 9.17) is 0 Å². The zero-order chi connectivity index (χ0) is 13.7. The Morgan fingerprint density at radius 3 is 2.12 bits per heavy atom. The van der Waals surface area contributed by atoms with E-state index in [2.05, 4.69) is 26.0 Å². The largest absolute Gasteiger partial charge is 0.212 e. The lowest BCUT2D eigenvalue weighted by atomic mass is 10.1. The van der Waals surface area contributed by atoms with Crippen molar-refractivity contribution in [1.82, 2.24) is 4.31 Å². The number of unbranched alkanes of at least 4 members (excludes halogenated alkanes) is 1. The van der Waals surface area contributed by atoms with Crippen LogP contribution >= 0.6 is 0 Å². The minimum atomic E-state index is -3.12. The van der Waals surface area contributed by atoms with Gasteiger partial charge >= 0.3 is 0 Å². The van der Waals surface area contributed by atoms with Crippen LogP contribution < -0.4 is 0 Å². The van der Waals surface area contributed by atoms with Crippen molar-refractivity contribution < 1.29 is 8.42 Å². The monoisotopic (exact) mass is 261 g/mol. The summed E-state index contributed by atoms with van der Waals surface area (Å²) in [5.74, 6) is 0.559. The Hall–Kier alpha value is -0.350. The minimum absolute atomic E-state index is 0.338. The molecule has 102 valence electrons. The van der Waals surface area contributed by atoms with Gasteiger partial charge < -0.3 is 0 Å². The lowest BCUT2D eigenvalue weighted by Crippen LogP contribution is -2.45. The summed E-state index contributed by atoms with van der Waals surface area (Å²) in [6.45, 7) is 10.6. The second kappa shape index (κ2) is 6.55. The average Bonchev–Trinajstić information content (AvgIpc) is 2.05. The van der Waals surface area contributed by atoms with Crippen molar-refractivity contribution in [2.24, 2.45) is 5.92 Å². The highest BCUT2D eigenvalue weighted by molar-refractivity contribution is 7.88. The van der Waals surface area contributed by atoms with Crippen LogP contribution in [0, 0.1) is 5.92 Å². The lowest BCUT2D eigenvalue weighted by molar-refractivity contribution is 0.249. The number of sulfonamides is 1. The molecule has 0 unspecified atom stereocenters. The van der Waals surface area contributed by atoms with E-state index in [0.29, 0.717) is 12.5 Å². The Kier molecular flexibility index (Phi) is 6.41. The van der Waals surface area contributed by atoms with Gasteiger partial charge in [-0.15, -0.1) is 0 Å². The molecule has 0 amide bonds. The van der Waals surface area contributed by atoms with Crippen LogP contribution in [0.15, 0.2) is 12.2 Å². The molecule has 17 heavy (non-hydrogen) atoms. The Bertz CT molecular complexity index is 337. The summed E-state index contributed by atoms with van der Waals surface area (Å²) in [6.07, 6.45) is 7.37. The minimum Gasteiger partial charge on any atom is -0.212 e. The Morgan fingerprint density at radius 2 is 1.76 bits per heavy atom. The summed E-state index contributed by atoms with van der Waals surface area (Å²) in [6, 6.07) is 0. The molecule has 0 aromatic rings. The normalized spacial score (nSPS) is 14.1. The van der Waals surface area contributed by atoms with Gasteiger partial charge in [-0.25, -0.2) is 8.42 Å². The first-order valence-electron chi connectivity index (χ1n) is 6.19. The topological polar surface area (TPSA) is 37.4 Å². The van der Waals surface area contributed by atoms with Gasteiger partial charge in [-0.05, 0) is 39.5 Å². The first-order valence-corrected chi connectivity index (χ1v) is 8.04. The molecule has 0 saturated heterocycles. The van der Waals surface area contributed by atoms with E-state index in [-0.39, 0.29) is 5.54 Å². The molecular weight excluding hydrogens is 234 g/mol. The number of hydrogen-bond donors (Lipinski definition) is 0. The summed E-state index contributed by atoms with van der Waals surface area (Å²) in [5.41, 5.74) is -0.338. The van der Waals surface area contributed by atoms with Gasteiger partial charge in [0.2, 0.25) is 10.0 Å². The van der Waals surface area contributed by atoms with Crippen LogP contribution in [-0.2, 0) is 10.0 Å². The standard InChI is InChI=1S/C13H27NO2S/c1-12(2)10-8-7-9-11-14(13(3,4)5)17(6,15)16/h8,10,12H,7,9,11H2,1-6H3/b10-8-. The Labute approximate surface area is 107 Å². The Morgan fingerprint density at radius 1 is 1.24 bits per heavy atom. The van der Waals surface area contributed by atoms with Gasteiger partial charge in [0.1, 0.15) is 0 Å². The number of allylic oxidation sites excluding steroid dienone is 2. The van der Waals surface area contributed by atoms with Crippen molar-refractivity contribution in [2.45, 2.75) is 53.0 Å². The van der Waals surface area contributed by atoms with E-state index in [9.17, 15) is 8.42 Å². The second-order valence-electron chi connectivity index (χ2n) is 5.82. The fourth-order valence-corrected chi connectivity index (χ4v) is 3.18. The van der Waals surface area contributed by atoms with E-state index in [0.717, 1.165) is 12.8 Å². The SMILES string of the molecule is CC(C)/C=C\CCCN(C(C)(C)C)S(C)(=O)=O. The summed E-state index contributed by atoms with van der Waals surface area (Å²) < 4.78 is 24.9. The molecule has 0 rings (SSSR count). The molecule has 0 aliphatic heterocycles. The van der Waals surface area contributed by atoms with Crippen molar-refractivity contribution >= 4 is 10.0 Å². The number of rotatable bonds is 6. The molecule has 0 aliphatic rings. The summed E-state index contributed by atoms with van der Waals surface area (Å²) in [7, 11) is -3.12. The highest BCUT2D eigenvalue weighted by Crippen LogP contribution is 2.18. The van der Waals surface area contributed by atoms with Gasteiger partial charge in [-0.1, -0.05) is 26.0 Å². The predicted molar refractivity (Wildman–Crippen MR) is 74.5 cm³/mol. The van der Waals surface area contributed by atoms with Crippen LogP contribution in [0.5, 0.6) is 0 Å². The van der Waals surface area contributed by atoms with Gasteiger partial charge in [0.25, 0.3) is 0 Å². The molecule has 0 bridgehead atoms. The molecule has 0 aliphatic carbocycles. The second-order valence-corrected chi connectivity index (χ2v) is 7.73. The summed E-state index contributed by atoms with van der Waals surface area (Å²) in [4.78, 5) is 0. The zero-order valence-electron chi connectivity index (χ0n) is 12.0. The highest BCUT2D eigenvalue weighted by Gasteiger charge is 2.28. The van der Waals surface area contributed by atoms with Gasteiger partial charge in [0, 0.05) is 12.1 Å². The molecule has 4 heteroatoms. The van der Waals surface area contributed by atoms with Crippen molar-refractivity contribution in [1.29, 1.82) is 0 Å². The van der Waals surface area contributed by atoms with Crippen LogP contribution in [0.2, 0.25) is 0 Å². The van der Waals surface area contributed by atoms with Crippen molar-refractivity contribution in [3.05, 3.63) is 12.2 Å². The van der Waals surface area contributed by atoms with E-state index in [1.165, 1.54) is 6.26 Å². The summed E-state index contributed by atoms with van der Waals surface area (Å²) in [5, 5.41) is 0. The van der Waals surface area contributed by atoms with E-state index < -0.39 is 10.0 Å². The molecule has 0 spiro atoms. The van der Waals surface area contributed by atoms with Crippen LogP contribution in [0.25, 0.3) is 0 Å². The molecule has 0 N–H and O–H groups in total. The Balaban J connectivity index is 4.32. The van der Waals surface area contributed by atoms with E-state index in [1.54, 1.807) is 4.31 Å². The highest BCUT2D eigenvalue weighted by atomic mass is 32.2. The average molecular weight is 261 g/mol. The molecule has 0 radical (unpaired) electrons. The maximum absolute atomic E-state index is 11.7. The third-order valence-electron chi connectivity index (χ3n) is 2.40.